The van der Waals surface area contributed by atoms with E-state index in [0.717, 1.165) is 13.1 Å². The van der Waals surface area contributed by atoms with Crippen LogP contribution >= 0.6 is 0 Å². The van der Waals surface area contributed by atoms with Crippen LogP contribution in [0.4, 0.5) is 18.9 Å². The summed E-state index contributed by atoms with van der Waals surface area (Å²) in [5.41, 5.74) is 0.615. The van der Waals surface area contributed by atoms with Crippen molar-refractivity contribution in [2.75, 3.05) is 44.7 Å². The number of anilines is 1. The molecule has 0 amide bonds. The molecule has 1 fully saturated rings. The monoisotopic (exact) mass is 396 g/mol. The molecule has 0 atom stereocenters. The normalized spacial score (nSPS) is 15.6. The van der Waals surface area contributed by atoms with Crippen LogP contribution in [0.15, 0.2) is 41.3 Å². The Hall–Kier alpha value is -2.55. The Kier molecular flexibility index (Phi) is 6.23. The van der Waals surface area contributed by atoms with E-state index in [1.54, 1.807) is 30.5 Å². The average Bonchev–Trinajstić information content (AvgIpc) is 2.67. The van der Waals surface area contributed by atoms with Crippen LogP contribution in [0, 0.1) is 0 Å². The quantitative estimate of drug-likeness (QED) is 0.703. The number of piperazine rings is 1. The first-order chi connectivity index (χ1) is 13.3. The summed E-state index contributed by atoms with van der Waals surface area (Å²) in [7, 11) is 2.01. The van der Waals surface area contributed by atoms with E-state index in [4.69, 9.17) is 4.74 Å². The maximum atomic E-state index is 13.0. The van der Waals surface area contributed by atoms with Crippen molar-refractivity contribution in [3.63, 3.8) is 0 Å². The van der Waals surface area contributed by atoms with Crippen LogP contribution in [0.3, 0.4) is 0 Å². The predicted molar refractivity (Wildman–Crippen MR) is 100 cm³/mol. The minimum Gasteiger partial charge on any atom is -0.486 e. The summed E-state index contributed by atoms with van der Waals surface area (Å²) in [5, 5.41) is 4.26. The molecule has 152 valence electrons. The van der Waals surface area contributed by atoms with Gasteiger partial charge in [-0.2, -0.15) is 23.0 Å². The third-order valence-electron chi connectivity index (χ3n) is 4.61. The molecule has 1 aliphatic rings. The van der Waals surface area contributed by atoms with Gasteiger partial charge in [-0.25, -0.2) is 0 Å². The molecule has 3 rings (SSSR count). The molecule has 0 N–H and O–H groups in total. The molecule has 1 saturated heterocycles. The van der Waals surface area contributed by atoms with Crippen molar-refractivity contribution in [1.82, 2.24) is 14.7 Å². The van der Waals surface area contributed by atoms with Crippen molar-refractivity contribution >= 4 is 5.69 Å². The lowest BCUT2D eigenvalue weighted by atomic mass is 10.2. The molecule has 0 aliphatic carbocycles. The zero-order valence-corrected chi connectivity index (χ0v) is 15.7. The molecule has 0 saturated carbocycles. The SMILES string of the molecule is CN1CCN(c2cnn(-c3ccccc3)c(=O)c2OCCCC(F)(F)F)CC1. The Bertz CT molecular complexity index is 831. The number of rotatable bonds is 6. The summed E-state index contributed by atoms with van der Waals surface area (Å²) < 4.78 is 44.0. The maximum absolute atomic E-state index is 13.0. The van der Waals surface area contributed by atoms with Crippen molar-refractivity contribution in [1.29, 1.82) is 0 Å². The molecule has 0 spiro atoms. The minimum atomic E-state index is -4.24. The zero-order chi connectivity index (χ0) is 20.1. The molecule has 1 aliphatic heterocycles. The van der Waals surface area contributed by atoms with Crippen LogP contribution in [-0.4, -0.2) is 60.7 Å². The fourth-order valence-electron chi connectivity index (χ4n) is 3.04. The number of nitrogens with zero attached hydrogens (tertiary/aromatic N) is 4. The molecular formula is C19H23F3N4O2. The van der Waals surface area contributed by atoms with Gasteiger partial charge in [-0.3, -0.25) is 4.79 Å². The van der Waals surface area contributed by atoms with E-state index in [2.05, 4.69) is 10.00 Å². The van der Waals surface area contributed by atoms with E-state index in [0.29, 0.717) is 24.5 Å². The highest BCUT2D eigenvalue weighted by Crippen LogP contribution is 2.26. The van der Waals surface area contributed by atoms with Gasteiger partial charge in [-0.15, -0.1) is 0 Å². The Morgan fingerprint density at radius 1 is 1.11 bits per heavy atom. The van der Waals surface area contributed by atoms with Crippen LogP contribution in [-0.2, 0) is 0 Å². The van der Waals surface area contributed by atoms with Crippen molar-refractivity contribution in [2.24, 2.45) is 0 Å². The van der Waals surface area contributed by atoms with E-state index in [9.17, 15) is 18.0 Å². The van der Waals surface area contributed by atoms with E-state index in [1.165, 1.54) is 4.68 Å². The maximum Gasteiger partial charge on any atom is 0.389 e. The van der Waals surface area contributed by atoms with E-state index in [1.807, 2.05) is 18.0 Å². The molecule has 0 unspecified atom stereocenters. The van der Waals surface area contributed by atoms with Crippen LogP contribution in [0.2, 0.25) is 0 Å². The molecule has 0 radical (unpaired) electrons. The molecule has 6 nitrogen and oxygen atoms in total. The molecular weight excluding hydrogens is 373 g/mol. The third-order valence-corrected chi connectivity index (χ3v) is 4.61. The van der Waals surface area contributed by atoms with Crippen molar-refractivity contribution in [2.45, 2.75) is 19.0 Å². The van der Waals surface area contributed by atoms with Crippen LogP contribution < -0.4 is 15.2 Å². The second kappa shape index (κ2) is 8.64. The standard InChI is InChI=1S/C19H23F3N4O2/c1-24-9-11-25(12-10-24)16-14-23-26(15-6-3-2-4-7-15)18(27)17(16)28-13-5-8-19(20,21)22/h2-4,6-7,14H,5,8-13H2,1H3. The van der Waals surface area contributed by atoms with E-state index >= 15 is 0 Å². The van der Waals surface area contributed by atoms with Gasteiger partial charge in [0.15, 0.2) is 0 Å². The van der Waals surface area contributed by atoms with Gasteiger partial charge < -0.3 is 14.5 Å². The first-order valence-electron chi connectivity index (χ1n) is 9.16. The number of benzene rings is 1. The largest absolute Gasteiger partial charge is 0.486 e. The highest BCUT2D eigenvalue weighted by Gasteiger charge is 2.27. The molecule has 0 bridgehead atoms. The Morgan fingerprint density at radius 2 is 1.79 bits per heavy atom. The number of hydrogen-bond acceptors (Lipinski definition) is 5. The summed E-state index contributed by atoms with van der Waals surface area (Å²) in [4.78, 5) is 17.2. The lowest BCUT2D eigenvalue weighted by molar-refractivity contribution is -0.136. The van der Waals surface area contributed by atoms with Crippen LogP contribution in [0.1, 0.15) is 12.8 Å². The number of halogens is 3. The van der Waals surface area contributed by atoms with Crippen LogP contribution in [0.25, 0.3) is 5.69 Å². The van der Waals surface area contributed by atoms with Crippen molar-refractivity contribution in [3.05, 3.63) is 46.9 Å². The highest BCUT2D eigenvalue weighted by atomic mass is 19.4. The molecule has 28 heavy (non-hydrogen) atoms. The second-order valence-corrected chi connectivity index (χ2v) is 6.77. The predicted octanol–water partition coefficient (Wildman–Crippen LogP) is 2.71. The zero-order valence-electron chi connectivity index (χ0n) is 15.7. The molecule has 2 aromatic rings. The van der Waals surface area contributed by atoms with Crippen molar-refractivity contribution < 1.29 is 17.9 Å². The van der Waals surface area contributed by atoms with E-state index < -0.39 is 18.2 Å². The highest BCUT2D eigenvalue weighted by molar-refractivity contribution is 5.57. The van der Waals surface area contributed by atoms with Gasteiger partial charge in [0, 0.05) is 32.6 Å². The van der Waals surface area contributed by atoms with Gasteiger partial charge in [0.25, 0.3) is 0 Å². The van der Waals surface area contributed by atoms with Crippen molar-refractivity contribution in [3.8, 4) is 11.4 Å². The van der Waals surface area contributed by atoms with Gasteiger partial charge in [-0.05, 0) is 25.6 Å². The number of aromatic nitrogens is 2. The molecule has 1 aromatic heterocycles. The summed E-state index contributed by atoms with van der Waals surface area (Å²) >= 11 is 0. The number of likely N-dealkylation sites (N-methyl/N-ethyl adjacent to an activating group) is 1. The van der Waals surface area contributed by atoms with Gasteiger partial charge in [0.05, 0.1) is 18.5 Å². The Labute approximate surface area is 161 Å². The first kappa shape index (κ1) is 20.2. The smallest absolute Gasteiger partial charge is 0.389 e. The number of ether oxygens (including phenoxy) is 1. The summed E-state index contributed by atoms with van der Waals surface area (Å²) in [6.45, 7) is 2.82. The van der Waals surface area contributed by atoms with E-state index in [-0.39, 0.29) is 18.8 Å². The minimum absolute atomic E-state index is 0.0468. The number of para-hydroxylation sites is 1. The summed E-state index contributed by atoms with van der Waals surface area (Å²) in [5.74, 6) is 0.0468. The third kappa shape index (κ3) is 5.03. The van der Waals surface area contributed by atoms with Gasteiger partial charge in [0.1, 0.15) is 5.69 Å². The molecule has 9 heteroatoms. The fourth-order valence-corrected chi connectivity index (χ4v) is 3.04. The number of alkyl halides is 3. The lowest BCUT2D eigenvalue weighted by Gasteiger charge is -2.34. The Morgan fingerprint density at radius 3 is 2.43 bits per heavy atom. The summed E-state index contributed by atoms with van der Waals surface area (Å²) in [6, 6.07) is 8.85. The average molecular weight is 396 g/mol. The Balaban J connectivity index is 1.88. The van der Waals surface area contributed by atoms with Crippen LogP contribution in [0.5, 0.6) is 5.75 Å². The van der Waals surface area contributed by atoms with Gasteiger partial charge >= 0.3 is 11.7 Å². The first-order valence-corrected chi connectivity index (χ1v) is 9.16. The number of hydrogen-bond donors (Lipinski definition) is 0. The topological polar surface area (TPSA) is 50.6 Å². The fraction of sp³-hybridized carbons (Fsp3) is 0.474. The lowest BCUT2D eigenvalue weighted by Crippen LogP contribution is -2.45. The second-order valence-electron chi connectivity index (χ2n) is 6.77. The van der Waals surface area contributed by atoms with Gasteiger partial charge in [0.2, 0.25) is 5.75 Å². The van der Waals surface area contributed by atoms with Gasteiger partial charge in [-0.1, -0.05) is 18.2 Å². The molecule has 2 heterocycles. The molecule has 1 aromatic carbocycles. The summed E-state index contributed by atoms with van der Waals surface area (Å²) in [6.07, 6.45) is -3.85.